The fourth-order valence-corrected chi connectivity index (χ4v) is 4.73. The number of rotatable bonds is 5. The lowest BCUT2D eigenvalue weighted by Gasteiger charge is -2.24. The second-order valence-electron chi connectivity index (χ2n) is 7.60. The second kappa shape index (κ2) is 8.60. The molecule has 2 heterocycles. The number of benzene rings is 3. The average molecular weight is 461 g/mol. The smallest absolute Gasteiger partial charge is 0.247 e. The van der Waals surface area contributed by atoms with Crippen molar-refractivity contribution in [3.63, 3.8) is 0 Å². The van der Waals surface area contributed by atoms with Gasteiger partial charge in [-0.2, -0.15) is 0 Å². The van der Waals surface area contributed by atoms with Gasteiger partial charge in [-0.05, 0) is 47.8 Å². The number of nitrogens with zero attached hydrogens (tertiary/aromatic N) is 2. The van der Waals surface area contributed by atoms with E-state index >= 15 is 0 Å². The third-order valence-corrected chi connectivity index (χ3v) is 6.43. The molecule has 0 saturated heterocycles. The van der Waals surface area contributed by atoms with Crippen LogP contribution in [-0.2, 0) is 17.9 Å². The van der Waals surface area contributed by atoms with Gasteiger partial charge in [-0.15, -0.1) is 11.3 Å². The molecule has 2 aromatic heterocycles. The van der Waals surface area contributed by atoms with Crippen LogP contribution >= 0.6 is 11.3 Å². The van der Waals surface area contributed by atoms with E-state index in [0.717, 1.165) is 17.0 Å². The first-order valence-corrected chi connectivity index (χ1v) is 11.2. The van der Waals surface area contributed by atoms with Gasteiger partial charge in [0.1, 0.15) is 18.2 Å². The molecule has 0 aliphatic carbocycles. The van der Waals surface area contributed by atoms with Crippen molar-refractivity contribution >= 4 is 44.7 Å². The number of amides is 1. The van der Waals surface area contributed by atoms with Crippen molar-refractivity contribution in [1.82, 2.24) is 4.57 Å². The third-order valence-electron chi connectivity index (χ3n) is 5.57. The summed E-state index contributed by atoms with van der Waals surface area (Å²) in [7, 11) is 0. The molecule has 3 aromatic carbocycles. The van der Waals surface area contributed by atoms with Gasteiger partial charge >= 0.3 is 0 Å². The summed E-state index contributed by atoms with van der Waals surface area (Å²) in [4.78, 5) is 28.8. The average Bonchev–Trinajstić information content (AvgIpc) is 3.34. The van der Waals surface area contributed by atoms with E-state index < -0.39 is 11.6 Å². The van der Waals surface area contributed by atoms with Crippen molar-refractivity contribution in [1.29, 1.82) is 0 Å². The minimum atomic E-state index is -0.811. The number of thiophene rings is 1. The number of fused-ring (bicyclic) bond motifs is 2. The number of carbonyl (C=O) groups is 1. The molecule has 0 unspecified atom stereocenters. The van der Waals surface area contributed by atoms with Gasteiger partial charge in [0.15, 0.2) is 5.43 Å². The predicted octanol–water partition coefficient (Wildman–Crippen LogP) is 5.73. The Bertz CT molecular complexity index is 1480. The third kappa shape index (κ3) is 3.91. The summed E-state index contributed by atoms with van der Waals surface area (Å²) in [6.07, 6.45) is 0. The molecule has 0 saturated carbocycles. The number of anilines is 1. The van der Waals surface area contributed by atoms with Crippen LogP contribution in [0, 0.1) is 11.6 Å². The van der Waals surface area contributed by atoms with Crippen LogP contribution in [0.25, 0.3) is 21.8 Å². The number of aromatic nitrogens is 1. The first-order chi connectivity index (χ1) is 16.0. The largest absolute Gasteiger partial charge is 0.331 e. The lowest BCUT2D eigenvalue weighted by Crippen LogP contribution is -2.34. The lowest BCUT2D eigenvalue weighted by molar-refractivity contribution is -0.119. The molecule has 0 atom stereocenters. The van der Waals surface area contributed by atoms with Crippen LogP contribution in [0.15, 0.2) is 89.0 Å². The maximum absolute atomic E-state index is 14.7. The highest BCUT2D eigenvalue weighted by Crippen LogP contribution is 2.26. The highest BCUT2D eigenvalue weighted by molar-refractivity contribution is 7.09. The van der Waals surface area contributed by atoms with Crippen LogP contribution in [0.4, 0.5) is 14.5 Å². The number of halogens is 2. The number of carbonyl (C=O) groups excluding carboxylic acids is 1. The van der Waals surface area contributed by atoms with E-state index in [1.54, 1.807) is 53.1 Å². The van der Waals surface area contributed by atoms with Crippen molar-refractivity contribution in [3.05, 3.63) is 111 Å². The Morgan fingerprint density at radius 1 is 0.879 bits per heavy atom. The van der Waals surface area contributed by atoms with Crippen LogP contribution in [0.5, 0.6) is 0 Å². The van der Waals surface area contributed by atoms with Crippen LogP contribution in [-0.4, -0.2) is 10.5 Å². The van der Waals surface area contributed by atoms with Crippen LogP contribution in [0.1, 0.15) is 4.88 Å². The Morgan fingerprint density at radius 2 is 1.55 bits per heavy atom. The topological polar surface area (TPSA) is 42.3 Å². The van der Waals surface area contributed by atoms with E-state index in [2.05, 4.69) is 0 Å². The second-order valence-corrected chi connectivity index (χ2v) is 8.64. The Balaban J connectivity index is 1.64. The zero-order valence-corrected chi connectivity index (χ0v) is 18.2. The molecule has 164 valence electrons. The summed E-state index contributed by atoms with van der Waals surface area (Å²) >= 11 is 1.45. The Hall–Kier alpha value is -3.84. The summed E-state index contributed by atoms with van der Waals surface area (Å²) in [6.45, 7) is 0.0264. The summed E-state index contributed by atoms with van der Waals surface area (Å²) < 4.78 is 30.0. The van der Waals surface area contributed by atoms with Gasteiger partial charge in [-0.25, -0.2) is 8.78 Å². The minimum absolute atomic E-state index is 0.00413. The first-order valence-electron chi connectivity index (χ1n) is 10.3. The Kier molecular flexibility index (Phi) is 5.48. The normalized spacial score (nSPS) is 11.2. The molecule has 33 heavy (non-hydrogen) atoms. The molecule has 0 aliphatic heterocycles. The molecule has 4 nitrogen and oxygen atoms in total. The minimum Gasteiger partial charge on any atom is -0.331 e. The maximum Gasteiger partial charge on any atom is 0.247 e. The zero-order chi connectivity index (χ0) is 22.9. The molecular weight excluding hydrogens is 442 g/mol. The molecule has 5 aromatic rings. The Labute approximate surface area is 191 Å². The highest BCUT2D eigenvalue weighted by atomic mass is 32.1. The van der Waals surface area contributed by atoms with Gasteiger partial charge in [0.2, 0.25) is 5.91 Å². The summed E-state index contributed by atoms with van der Waals surface area (Å²) in [6, 6.07) is 21.1. The molecule has 0 N–H and O–H groups in total. The molecule has 0 fully saturated rings. The van der Waals surface area contributed by atoms with Gasteiger partial charge in [-0.3, -0.25) is 9.59 Å². The van der Waals surface area contributed by atoms with Crippen LogP contribution in [0.3, 0.4) is 0 Å². The highest BCUT2D eigenvalue weighted by Gasteiger charge is 2.22. The molecule has 0 radical (unpaired) electrons. The molecule has 1 amide bonds. The number of para-hydroxylation sites is 2. The van der Waals surface area contributed by atoms with Gasteiger partial charge in [0.05, 0.1) is 23.3 Å². The van der Waals surface area contributed by atoms with Crippen molar-refractivity contribution in [2.24, 2.45) is 0 Å². The molecular formula is C26H18F2N2O2S. The van der Waals surface area contributed by atoms with Gasteiger partial charge in [-0.1, -0.05) is 30.3 Å². The number of hydrogen-bond acceptors (Lipinski definition) is 3. The molecule has 0 bridgehead atoms. The SMILES string of the molecule is O=C(Cn1c2ccccc2c(=O)c2ccccc21)N(Cc1cccs1)c1ccc(F)cc1F. The lowest BCUT2D eigenvalue weighted by atomic mass is 10.1. The van der Waals surface area contributed by atoms with E-state index in [1.807, 2.05) is 17.5 Å². The Morgan fingerprint density at radius 3 is 2.15 bits per heavy atom. The van der Waals surface area contributed by atoms with E-state index in [0.29, 0.717) is 21.8 Å². The summed E-state index contributed by atoms with van der Waals surface area (Å²) in [5, 5.41) is 2.88. The zero-order valence-electron chi connectivity index (χ0n) is 17.4. The molecule has 7 heteroatoms. The van der Waals surface area contributed by atoms with E-state index in [9.17, 15) is 18.4 Å². The summed E-state index contributed by atoms with van der Waals surface area (Å²) in [5.74, 6) is -1.90. The van der Waals surface area contributed by atoms with Crippen molar-refractivity contribution < 1.29 is 13.6 Å². The number of hydrogen-bond donors (Lipinski definition) is 0. The van der Waals surface area contributed by atoms with Crippen molar-refractivity contribution in [3.8, 4) is 0 Å². The van der Waals surface area contributed by atoms with Crippen molar-refractivity contribution in [2.45, 2.75) is 13.1 Å². The molecule has 5 rings (SSSR count). The standard InChI is InChI=1S/C26H18F2N2O2S/c27-17-11-12-24(21(28)14-17)30(15-18-6-5-13-33-18)25(31)16-29-22-9-3-1-7-19(22)26(32)20-8-2-4-10-23(20)29/h1-14H,15-16H2. The first kappa shape index (κ1) is 21.0. The predicted molar refractivity (Wildman–Crippen MR) is 128 cm³/mol. The van der Waals surface area contributed by atoms with E-state index in [1.165, 1.54) is 22.3 Å². The number of pyridine rings is 1. The maximum atomic E-state index is 14.7. The van der Waals surface area contributed by atoms with Gasteiger partial charge in [0.25, 0.3) is 0 Å². The fourth-order valence-electron chi connectivity index (χ4n) is 4.03. The van der Waals surface area contributed by atoms with E-state index in [4.69, 9.17) is 0 Å². The fraction of sp³-hybridized carbons (Fsp3) is 0.0769. The molecule has 0 aliphatic rings. The monoisotopic (exact) mass is 460 g/mol. The summed E-state index contributed by atoms with van der Waals surface area (Å²) in [5.41, 5.74) is 1.13. The van der Waals surface area contributed by atoms with Crippen LogP contribution < -0.4 is 10.3 Å². The van der Waals surface area contributed by atoms with Gasteiger partial charge < -0.3 is 9.47 Å². The molecule has 0 spiro atoms. The van der Waals surface area contributed by atoms with Crippen molar-refractivity contribution in [2.75, 3.05) is 4.90 Å². The van der Waals surface area contributed by atoms with Crippen LogP contribution in [0.2, 0.25) is 0 Å². The quantitative estimate of drug-likeness (QED) is 0.315. The van der Waals surface area contributed by atoms with Gasteiger partial charge in [0, 0.05) is 21.7 Å². The van der Waals surface area contributed by atoms with E-state index in [-0.39, 0.29) is 30.1 Å².